The highest BCUT2D eigenvalue weighted by Gasteiger charge is 2.31. The molecule has 5 nitrogen and oxygen atoms in total. The summed E-state index contributed by atoms with van der Waals surface area (Å²) in [5, 5.41) is 3.36. The second kappa shape index (κ2) is 6.28. The molecule has 2 aliphatic rings. The number of hydrogen-bond acceptors (Lipinski definition) is 3. The van der Waals surface area contributed by atoms with Gasteiger partial charge in [0.2, 0.25) is 0 Å². The Morgan fingerprint density at radius 3 is 2.82 bits per heavy atom. The maximum absolute atomic E-state index is 12.6. The van der Waals surface area contributed by atoms with E-state index in [1.54, 1.807) is 4.31 Å². The minimum Gasteiger partial charge on any atom is -0.316 e. The third kappa shape index (κ3) is 3.51. The summed E-state index contributed by atoms with van der Waals surface area (Å²) < 4.78 is 29.5. The van der Waals surface area contributed by atoms with E-state index < -0.39 is 10.2 Å². The lowest BCUT2D eigenvalue weighted by atomic mass is 9.83. The molecule has 3 rings (SSSR count). The fourth-order valence-corrected chi connectivity index (χ4v) is 4.66. The molecule has 0 aliphatic carbocycles. The summed E-state index contributed by atoms with van der Waals surface area (Å²) in [6, 6.07) is 8.08. The van der Waals surface area contributed by atoms with Crippen LogP contribution in [0.3, 0.4) is 0 Å². The molecular formula is C16H25N3O2S. The summed E-state index contributed by atoms with van der Waals surface area (Å²) >= 11 is 0. The molecule has 1 unspecified atom stereocenters. The van der Waals surface area contributed by atoms with Crippen LogP contribution in [0.2, 0.25) is 0 Å². The maximum atomic E-state index is 12.6. The molecule has 122 valence electrons. The van der Waals surface area contributed by atoms with Crippen molar-refractivity contribution in [2.75, 3.05) is 26.2 Å². The van der Waals surface area contributed by atoms with Crippen molar-refractivity contribution >= 4 is 10.2 Å². The number of fused-ring (bicyclic) bond motifs is 1. The first-order chi connectivity index (χ1) is 10.5. The molecule has 0 radical (unpaired) electrons. The van der Waals surface area contributed by atoms with Gasteiger partial charge in [-0.3, -0.25) is 0 Å². The van der Waals surface area contributed by atoms with Crippen LogP contribution in [0.1, 0.15) is 30.9 Å². The molecular weight excluding hydrogens is 298 g/mol. The van der Waals surface area contributed by atoms with Crippen LogP contribution in [0.25, 0.3) is 0 Å². The van der Waals surface area contributed by atoms with Crippen LogP contribution in [0.5, 0.6) is 0 Å². The first-order valence-corrected chi connectivity index (χ1v) is 9.45. The quantitative estimate of drug-likeness (QED) is 0.877. The Balaban J connectivity index is 1.64. The fraction of sp³-hybridized carbons (Fsp3) is 0.625. The highest BCUT2D eigenvalue weighted by molar-refractivity contribution is 7.87. The van der Waals surface area contributed by atoms with Crippen LogP contribution >= 0.6 is 0 Å². The van der Waals surface area contributed by atoms with Crippen LogP contribution in [0, 0.1) is 5.41 Å². The predicted octanol–water partition coefficient (Wildman–Crippen LogP) is 1.27. The van der Waals surface area contributed by atoms with Gasteiger partial charge in [-0.15, -0.1) is 0 Å². The molecule has 1 aromatic carbocycles. The van der Waals surface area contributed by atoms with E-state index in [9.17, 15) is 8.42 Å². The second-order valence-electron chi connectivity index (χ2n) is 6.77. The average molecular weight is 323 g/mol. The van der Waals surface area contributed by atoms with Crippen LogP contribution in [-0.4, -0.2) is 38.9 Å². The van der Waals surface area contributed by atoms with Crippen molar-refractivity contribution in [1.82, 2.24) is 14.3 Å². The van der Waals surface area contributed by atoms with Crippen LogP contribution in [0.4, 0.5) is 0 Å². The summed E-state index contributed by atoms with van der Waals surface area (Å²) in [5.41, 5.74) is 2.39. The standard InChI is InChI=1S/C16H25N3O2S/c1-16(8-4-9-17-12-16)13-18-22(20,21)19-10-7-14-5-2-3-6-15(14)11-19/h2-3,5-6,17-18H,4,7-13H2,1H3. The van der Waals surface area contributed by atoms with Crippen molar-refractivity contribution in [3.8, 4) is 0 Å². The van der Waals surface area contributed by atoms with Crippen LogP contribution in [-0.2, 0) is 23.2 Å². The minimum atomic E-state index is -3.41. The van der Waals surface area contributed by atoms with Crippen molar-refractivity contribution in [3.05, 3.63) is 35.4 Å². The van der Waals surface area contributed by atoms with E-state index in [0.29, 0.717) is 19.6 Å². The van der Waals surface area contributed by atoms with Gasteiger partial charge < -0.3 is 5.32 Å². The van der Waals surface area contributed by atoms with Crippen molar-refractivity contribution in [2.45, 2.75) is 32.7 Å². The first-order valence-electron chi connectivity index (χ1n) is 8.01. The molecule has 2 aliphatic heterocycles. The monoisotopic (exact) mass is 323 g/mol. The van der Waals surface area contributed by atoms with Gasteiger partial charge in [-0.2, -0.15) is 12.7 Å². The molecule has 1 atom stereocenters. The van der Waals surface area contributed by atoms with Gasteiger partial charge in [0.25, 0.3) is 10.2 Å². The predicted molar refractivity (Wildman–Crippen MR) is 87.7 cm³/mol. The van der Waals surface area contributed by atoms with Crippen LogP contribution in [0.15, 0.2) is 24.3 Å². The van der Waals surface area contributed by atoms with Crippen LogP contribution < -0.4 is 10.0 Å². The summed E-state index contributed by atoms with van der Waals surface area (Å²) in [7, 11) is -3.41. The molecule has 1 fully saturated rings. The number of rotatable bonds is 4. The molecule has 0 bridgehead atoms. The van der Waals surface area contributed by atoms with E-state index in [0.717, 1.165) is 37.9 Å². The summed E-state index contributed by atoms with van der Waals surface area (Å²) in [6.07, 6.45) is 2.95. The van der Waals surface area contributed by atoms with E-state index in [-0.39, 0.29) is 5.41 Å². The molecule has 0 saturated carbocycles. The Bertz CT molecular complexity index is 624. The molecule has 2 N–H and O–H groups in total. The fourth-order valence-electron chi connectivity index (χ4n) is 3.30. The second-order valence-corrected chi connectivity index (χ2v) is 8.52. The smallest absolute Gasteiger partial charge is 0.279 e. The van der Waals surface area contributed by atoms with Gasteiger partial charge in [0.15, 0.2) is 0 Å². The molecule has 2 heterocycles. The van der Waals surface area contributed by atoms with E-state index in [1.807, 2.05) is 18.2 Å². The lowest BCUT2D eigenvalue weighted by Gasteiger charge is -2.35. The minimum absolute atomic E-state index is 0.0129. The van der Waals surface area contributed by atoms with Gasteiger partial charge in [0.05, 0.1) is 0 Å². The van der Waals surface area contributed by atoms with Gasteiger partial charge in [0.1, 0.15) is 0 Å². The van der Waals surface area contributed by atoms with Gasteiger partial charge in [-0.25, -0.2) is 4.72 Å². The Morgan fingerprint density at radius 2 is 2.09 bits per heavy atom. The zero-order valence-electron chi connectivity index (χ0n) is 13.1. The summed E-state index contributed by atoms with van der Waals surface area (Å²) in [5.74, 6) is 0. The van der Waals surface area contributed by atoms with E-state index in [4.69, 9.17) is 0 Å². The van der Waals surface area contributed by atoms with Crippen molar-refractivity contribution in [3.63, 3.8) is 0 Å². The molecule has 0 amide bonds. The third-order valence-electron chi connectivity index (χ3n) is 4.80. The zero-order chi connectivity index (χ0) is 15.6. The van der Waals surface area contributed by atoms with Gasteiger partial charge in [0, 0.05) is 26.2 Å². The lowest BCUT2D eigenvalue weighted by molar-refractivity contribution is 0.236. The van der Waals surface area contributed by atoms with E-state index in [1.165, 1.54) is 5.56 Å². The largest absolute Gasteiger partial charge is 0.316 e. The first kappa shape index (κ1) is 15.9. The normalized spacial score (nSPS) is 26.6. The number of benzene rings is 1. The Kier molecular flexibility index (Phi) is 4.54. The molecule has 0 aromatic heterocycles. The van der Waals surface area contributed by atoms with Crippen molar-refractivity contribution in [1.29, 1.82) is 0 Å². The summed E-state index contributed by atoms with van der Waals surface area (Å²) in [6.45, 7) is 5.58. The molecule has 6 heteroatoms. The number of hydrogen-bond donors (Lipinski definition) is 2. The SMILES string of the molecule is CC1(CNS(=O)(=O)N2CCc3ccccc3C2)CCCNC1. The highest BCUT2D eigenvalue weighted by Crippen LogP contribution is 2.25. The number of piperidine rings is 1. The molecule has 1 saturated heterocycles. The van der Waals surface area contributed by atoms with E-state index >= 15 is 0 Å². The van der Waals surface area contributed by atoms with Crippen molar-refractivity contribution in [2.24, 2.45) is 5.41 Å². The Morgan fingerprint density at radius 1 is 1.32 bits per heavy atom. The maximum Gasteiger partial charge on any atom is 0.279 e. The number of nitrogens with zero attached hydrogens (tertiary/aromatic N) is 1. The average Bonchev–Trinajstić information content (AvgIpc) is 2.53. The lowest BCUT2D eigenvalue weighted by Crippen LogP contribution is -2.50. The van der Waals surface area contributed by atoms with Crippen molar-refractivity contribution < 1.29 is 8.42 Å². The third-order valence-corrected chi connectivity index (χ3v) is 6.30. The zero-order valence-corrected chi connectivity index (χ0v) is 14.0. The Hall–Kier alpha value is -0.950. The summed E-state index contributed by atoms with van der Waals surface area (Å²) in [4.78, 5) is 0. The molecule has 1 aromatic rings. The molecule has 0 spiro atoms. The number of nitrogens with one attached hydrogen (secondary N) is 2. The topological polar surface area (TPSA) is 61.4 Å². The van der Waals surface area contributed by atoms with E-state index in [2.05, 4.69) is 23.0 Å². The van der Waals surface area contributed by atoms with Gasteiger partial charge in [-0.05, 0) is 42.3 Å². The molecule has 22 heavy (non-hydrogen) atoms. The van der Waals surface area contributed by atoms with Gasteiger partial charge >= 0.3 is 0 Å². The highest BCUT2D eigenvalue weighted by atomic mass is 32.2. The van der Waals surface area contributed by atoms with Gasteiger partial charge in [-0.1, -0.05) is 31.2 Å². The Labute approximate surface area is 133 Å².